The van der Waals surface area contributed by atoms with Gasteiger partial charge < -0.3 is 20.6 Å². The fraction of sp³-hybridized carbons (Fsp3) is 0.923. The molecule has 1 aliphatic carbocycles. The molecule has 6 nitrogen and oxygen atoms in total. The Morgan fingerprint density at radius 3 is 2.35 bits per heavy atom. The van der Waals surface area contributed by atoms with Gasteiger partial charge in [0.25, 0.3) is 0 Å². The van der Waals surface area contributed by atoms with Crippen molar-refractivity contribution in [2.24, 2.45) is 17.6 Å². The monoisotopic (exact) mass is 307 g/mol. The summed E-state index contributed by atoms with van der Waals surface area (Å²) in [5.74, 6) is -0.389. The summed E-state index contributed by atoms with van der Waals surface area (Å²) in [7, 11) is -3.96. The topological polar surface area (TPSA) is 121 Å². The van der Waals surface area contributed by atoms with E-state index in [1.807, 2.05) is 0 Å². The highest BCUT2D eigenvalue weighted by atomic mass is 31.2. The third kappa shape index (κ3) is 6.84. The van der Waals surface area contributed by atoms with Crippen LogP contribution in [0.1, 0.15) is 51.4 Å². The molecular formula is C13H26NO5P. The smallest absolute Gasteiger partial charge is 0.325 e. The van der Waals surface area contributed by atoms with Crippen LogP contribution in [0.3, 0.4) is 0 Å². The summed E-state index contributed by atoms with van der Waals surface area (Å²) in [5.41, 5.74) is 5.63. The molecule has 0 aromatic heterocycles. The summed E-state index contributed by atoms with van der Waals surface area (Å²) in [6.07, 6.45) is 7.04. The van der Waals surface area contributed by atoms with Crippen LogP contribution in [-0.2, 0) is 9.36 Å². The van der Waals surface area contributed by atoms with Crippen LogP contribution in [0.4, 0.5) is 0 Å². The molecule has 0 heterocycles. The number of aliphatic carboxylic acids is 1. The maximum Gasteiger partial charge on any atom is 0.325 e. The molecule has 0 radical (unpaired) electrons. The van der Waals surface area contributed by atoms with Gasteiger partial charge in [-0.3, -0.25) is 9.36 Å². The molecule has 20 heavy (non-hydrogen) atoms. The van der Waals surface area contributed by atoms with E-state index in [4.69, 9.17) is 20.6 Å². The lowest BCUT2D eigenvalue weighted by molar-refractivity contribution is -0.139. The van der Waals surface area contributed by atoms with E-state index in [0.717, 1.165) is 25.7 Å². The Kier molecular flexibility index (Phi) is 7.17. The summed E-state index contributed by atoms with van der Waals surface area (Å²) in [4.78, 5) is 28.7. The fourth-order valence-electron chi connectivity index (χ4n) is 3.14. The van der Waals surface area contributed by atoms with Gasteiger partial charge in [-0.25, -0.2) is 0 Å². The van der Waals surface area contributed by atoms with Gasteiger partial charge in [0, 0.05) is 6.16 Å². The van der Waals surface area contributed by atoms with E-state index < -0.39 is 19.6 Å². The van der Waals surface area contributed by atoms with Gasteiger partial charge in [0.2, 0.25) is 0 Å². The molecule has 2 atom stereocenters. The molecule has 0 aromatic carbocycles. The van der Waals surface area contributed by atoms with E-state index in [1.165, 1.54) is 6.42 Å². The Balaban J connectivity index is 2.53. The van der Waals surface area contributed by atoms with E-state index >= 15 is 0 Å². The number of carbonyl (C=O) groups is 1. The summed E-state index contributed by atoms with van der Waals surface area (Å²) in [5, 5.41) is 8.93. The predicted octanol–water partition coefficient (Wildman–Crippen LogP) is 1.94. The first kappa shape index (κ1) is 17.6. The van der Waals surface area contributed by atoms with Crippen LogP contribution in [-0.4, -0.2) is 33.1 Å². The van der Waals surface area contributed by atoms with Gasteiger partial charge in [-0.05, 0) is 31.1 Å². The maximum absolute atomic E-state index is 10.9. The minimum absolute atomic E-state index is 0.126. The molecule has 1 saturated carbocycles. The van der Waals surface area contributed by atoms with Crippen LogP contribution in [0.2, 0.25) is 0 Å². The Labute approximate surface area is 119 Å². The second-order valence-electron chi connectivity index (χ2n) is 5.87. The third-order valence-corrected chi connectivity index (χ3v) is 5.11. The highest BCUT2D eigenvalue weighted by Crippen LogP contribution is 2.39. The van der Waals surface area contributed by atoms with Gasteiger partial charge in [0.15, 0.2) is 0 Å². The van der Waals surface area contributed by atoms with Gasteiger partial charge in [-0.15, -0.1) is 0 Å². The average Bonchev–Trinajstić information content (AvgIpc) is 2.37. The lowest BCUT2D eigenvalue weighted by Crippen LogP contribution is -2.34. The predicted molar refractivity (Wildman–Crippen MR) is 76.4 cm³/mol. The van der Waals surface area contributed by atoms with E-state index in [1.54, 1.807) is 0 Å². The normalized spacial score (nSPS) is 20.6. The van der Waals surface area contributed by atoms with Gasteiger partial charge in [0.1, 0.15) is 6.04 Å². The van der Waals surface area contributed by atoms with Crippen molar-refractivity contribution < 1.29 is 24.3 Å². The van der Waals surface area contributed by atoms with Crippen LogP contribution in [0.15, 0.2) is 0 Å². The second kappa shape index (κ2) is 8.13. The van der Waals surface area contributed by atoms with Crippen molar-refractivity contribution in [1.29, 1.82) is 0 Å². The zero-order valence-corrected chi connectivity index (χ0v) is 12.7. The molecule has 1 fully saturated rings. The van der Waals surface area contributed by atoms with E-state index in [2.05, 4.69) is 0 Å². The quantitative estimate of drug-likeness (QED) is 0.508. The molecule has 0 bridgehead atoms. The molecule has 5 N–H and O–H groups in total. The third-order valence-electron chi connectivity index (χ3n) is 4.21. The molecule has 1 aliphatic rings. The SMILES string of the molecule is NC(CC(CCCP(=O)(O)O)C1CCCCC1)C(=O)O. The maximum atomic E-state index is 10.9. The molecule has 2 unspecified atom stereocenters. The van der Waals surface area contributed by atoms with Crippen LogP contribution in [0.5, 0.6) is 0 Å². The summed E-state index contributed by atoms with van der Waals surface area (Å²) >= 11 is 0. The Hall–Kier alpha value is -0.420. The fourth-order valence-corrected chi connectivity index (χ4v) is 3.73. The Morgan fingerprint density at radius 2 is 1.85 bits per heavy atom. The van der Waals surface area contributed by atoms with Gasteiger partial charge in [-0.2, -0.15) is 0 Å². The highest BCUT2D eigenvalue weighted by Gasteiger charge is 2.28. The first-order chi connectivity index (χ1) is 9.29. The van der Waals surface area contributed by atoms with Crippen LogP contribution in [0, 0.1) is 11.8 Å². The van der Waals surface area contributed by atoms with E-state index in [0.29, 0.717) is 25.2 Å². The second-order valence-corrected chi connectivity index (χ2v) is 7.65. The van der Waals surface area contributed by atoms with Crippen molar-refractivity contribution >= 4 is 13.6 Å². The van der Waals surface area contributed by atoms with Gasteiger partial charge in [0.05, 0.1) is 0 Å². The number of rotatable bonds is 8. The Morgan fingerprint density at radius 1 is 1.25 bits per heavy atom. The number of nitrogens with two attached hydrogens (primary N) is 1. The van der Waals surface area contributed by atoms with Crippen molar-refractivity contribution in [1.82, 2.24) is 0 Å². The first-order valence-corrected chi connectivity index (χ1v) is 9.12. The number of hydrogen-bond donors (Lipinski definition) is 4. The molecule has 118 valence electrons. The lowest BCUT2D eigenvalue weighted by Gasteiger charge is -2.31. The summed E-state index contributed by atoms with van der Waals surface area (Å²) in [6.45, 7) is 0. The molecule has 0 saturated heterocycles. The van der Waals surface area contributed by atoms with Crippen molar-refractivity contribution in [3.63, 3.8) is 0 Å². The van der Waals surface area contributed by atoms with Crippen molar-refractivity contribution in [3.05, 3.63) is 0 Å². The summed E-state index contributed by atoms with van der Waals surface area (Å²) in [6, 6.07) is -0.878. The van der Waals surface area contributed by atoms with Crippen molar-refractivity contribution in [2.75, 3.05) is 6.16 Å². The van der Waals surface area contributed by atoms with Crippen LogP contribution < -0.4 is 5.73 Å². The number of carboxylic acids is 1. The molecule has 0 amide bonds. The lowest BCUT2D eigenvalue weighted by atomic mass is 9.75. The molecule has 0 aromatic rings. The molecule has 0 spiro atoms. The van der Waals surface area contributed by atoms with Crippen LogP contribution in [0.25, 0.3) is 0 Å². The largest absolute Gasteiger partial charge is 0.480 e. The molecule has 7 heteroatoms. The molecule has 1 rings (SSSR count). The number of hydrogen-bond acceptors (Lipinski definition) is 3. The minimum atomic E-state index is -3.96. The zero-order valence-electron chi connectivity index (χ0n) is 11.8. The standard InChI is InChI=1S/C13H26NO5P/c14-12(13(15)16)9-11(7-4-8-20(17,18)19)10-5-2-1-3-6-10/h10-12H,1-9,14H2,(H,15,16)(H2,17,18,19). The Bertz CT molecular complexity index is 351. The van der Waals surface area contributed by atoms with E-state index in [-0.39, 0.29) is 12.1 Å². The molecular weight excluding hydrogens is 281 g/mol. The number of carboxylic acid groups (broad SMARTS) is 1. The van der Waals surface area contributed by atoms with Gasteiger partial charge >= 0.3 is 13.6 Å². The molecule has 0 aliphatic heterocycles. The average molecular weight is 307 g/mol. The zero-order chi connectivity index (χ0) is 15.2. The van der Waals surface area contributed by atoms with Gasteiger partial charge in [-0.1, -0.05) is 32.1 Å². The first-order valence-electron chi connectivity index (χ1n) is 7.32. The van der Waals surface area contributed by atoms with Crippen molar-refractivity contribution in [3.8, 4) is 0 Å². The van der Waals surface area contributed by atoms with E-state index in [9.17, 15) is 9.36 Å². The summed E-state index contributed by atoms with van der Waals surface area (Å²) < 4.78 is 10.9. The van der Waals surface area contributed by atoms with Crippen molar-refractivity contribution in [2.45, 2.75) is 57.4 Å². The minimum Gasteiger partial charge on any atom is -0.480 e. The van der Waals surface area contributed by atoms with Crippen LogP contribution >= 0.6 is 7.60 Å². The highest BCUT2D eigenvalue weighted by molar-refractivity contribution is 7.51.